The van der Waals surface area contributed by atoms with Crippen LogP contribution in [0, 0.1) is 0 Å². The highest BCUT2D eigenvalue weighted by molar-refractivity contribution is 5.80. The predicted octanol–water partition coefficient (Wildman–Crippen LogP) is -0.770. The van der Waals surface area contributed by atoms with Gasteiger partial charge < -0.3 is 14.5 Å². The van der Waals surface area contributed by atoms with E-state index in [1.807, 2.05) is 31.0 Å². The van der Waals surface area contributed by atoms with Crippen molar-refractivity contribution in [3.05, 3.63) is 24.4 Å². The van der Waals surface area contributed by atoms with Crippen LogP contribution < -0.4 is 14.8 Å². The van der Waals surface area contributed by atoms with Crippen LogP contribution in [-0.2, 0) is 9.53 Å². The van der Waals surface area contributed by atoms with E-state index in [9.17, 15) is 4.79 Å². The van der Waals surface area contributed by atoms with E-state index in [2.05, 4.69) is 28.9 Å². The first-order chi connectivity index (χ1) is 11.5. The molecule has 0 spiro atoms. The number of nitrogens with one attached hydrogen (secondary N) is 2. The van der Waals surface area contributed by atoms with Crippen LogP contribution in [0.1, 0.15) is 20.8 Å². The lowest BCUT2D eigenvalue weighted by atomic mass is 10.1. The largest absolute Gasteiger partial charge is 0.372 e. The summed E-state index contributed by atoms with van der Waals surface area (Å²) in [5.74, 6) is 1.43. The van der Waals surface area contributed by atoms with Gasteiger partial charge in [-0.15, -0.1) is 0 Å². The van der Waals surface area contributed by atoms with Gasteiger partial charge in [0.15, 0.2) is 6.04 Å². The van der Waals surface area contributed by atoms with Crippen molar-refractivity contribution in [1.82, 2.24) is 4.90 Å². The number of amides is 1. The molecule has 24 heavy (non-hydrogen) atoms. The van der Waals surface area contributed by atoms with Crippen LogP contribution in [0.15, 0.2) is 24.4 Å². The van der Waals surface area contributed by atoms with Crippen molar-refractivity contribution in [1.29, 1.82) is 0 Å². The van der Waals surface area contributed by atoms with Gasteiger partial charge in [-0.25, -0.2) is 4.98 Å². The maximum atomic E-state index is 12.9. The number of hydrogen-bond acceptors (Lipinski definition) is 3. The molecule has 2 N–H and O–H groups in total. The van der Waals surface area contributed by atoms with Crippen LogP contribution >= 0.6 is 0 Å². The number of anilines is 1. The fraction of sp³-hybridized carbons (Fsp3) is 0.667. The fourth-order valence-electron chi connectivity index (χ4n) is 3.85. The number of hydrogen-bond donors (Lipinski definition) is 1. The smallest absolute Gasteiger partial charge is 0.280 e. The summed E-state index contributed by atoms with van der Waals surface area (Å²) in [7, 11) is 0. The minimum Gasteiger partial charge on any atom is -0.372 e. The van der Waals surface area contributed by atoms with Crippen LogP contribution in [0.4, 0.5) is 5.82 Å². The summed E-state index contributed by atoms with van der Waals surface area (Å²) in [6, 6.07) is 6.17. The predicted molar refractivity (Wildman–Crippen MR) is 92.0 cm³/mol. The number of piperazine rings is 1. The van der Waals surface area contributed by atoms with Gasteiger partial charge in [-0.1, -0.05) is 6.07 Å². The number of quaternary nitrogens is 1. The number of aromatic nitrogens is 1. The highest BCUT2D eigenvalue weighted by atomic mass is 16.5. The third-order valence-electron chi connectivity index (χ3n) is 5.15. The van der Waals surface area contributed by atoms with Gasteiger partial charge in [0, 0.05) is 19.2 Å². The lowest BCUT2D eigenvalue weighted by Crippen LogP contribution is -3.19. The highest BCUT2D eigenvalue weighted by Gasteiger charge is 2.36. The zero-order valence-electron chi connectivity index (χ0n) is 15.0. The van der Waals surface area contributed by atoms with E-state index >= 15 is 0 Å². The summed E-state index contributed by atoms with van der Waals surface area (Å²) in [4.78, 5) is 21.9. The zero-order valence-corrected chi connectivity index (χ0v) is 15.0. The van der Waals surface area contributed by atoms with E-state index in [1.165, 1.54) is 4.90 Å². The molecule has 1 aromatic heterocycles. The highest BCUT2D eigenvalue weighted by Crippen LogP contribution is 2.11. The van der Waals surface area contributed by atoms with E-state index in [0.29, 0.717) is 13.1 Å². The molecule has 2 saturated heterocycles. The molecule has 3 rings (SSSR count). The Balaban J connectivity index is 1.55. The van der Waals surface area contributed by atoms with Crippen molar-refractivity contribution in [3.63, 3.8) is 0 Å². The molecule has 6 heteroatoms. The lowest BCUT2D eigenvalue weighted by Gasteiger charge is -2.38. The summed E-state index contributed by atoms with van der Waals surface area (Å²) in [5, 5.41) is 0. The van der Waals surface area contributed by atoms with E-state index in [1.54, 1.807) is 0 Å². The zero-order chi connectivity index (χ0) is 17.1. The standard InChI is InChI=1S/C18H28N4O2/c1-14-12-22(13-15(2)24-14)18(23)16(3)20-8-10-21(11-9-20)17-6-4-5-7-19-17/h4-7,14-16H,8-13H2,1-3H3/p+2/t14-,15-,16-/m1/s1. The second kappa shape index (κ2) is 7.49. The Kier molecular flexibility index (Phi) is 5.36. The summed E-state index contributed by atoms with van der Waals surface area (Å²) >= 11 is 0. The first kappa shape index (κ1) is 17.2. The van der Waals surface area contributed by atoms with E-state index < -0.39 is 0 Å². The molecule has 0 saturated carbocycles. The van der Waals surface area contributed by atoms with Gasteiger partial charge in [0.05, 0.1) is 18.4 Å². The fourth-order valence-corrected chi connectivity index (χ4v) is 3.85. The normalized spacial score (nSPS) is 27.1. The van der Waals surface area contributed by atoms with Gasteiger partial charge in [-0.3, -0.25) is 9.69 Å². The van der Waals surface area contributed by atoms with E-state index in [4.69, 9.17) is 4.74 Å². The molecule has 1 aromatic rings. The van der Waals surface area contributed by atoms with Crippen molar-refractivity contribution >= 4 is 11.7 Å². The molecule has 0 aromatic carbocycles. The van der Waals surface area contributed by atoms with Gasteiger partial charge in [0.2, 0.25) is 0 Å². The second-order valence-corrected chi connectivity index (χ2v) is 7.12. The molecule has 0 radical (unpaired) electrons. The average molecular weight is 334 g/mol. The van der Waals surface area contributed by atoms with Crippen molar-refractivity contribution in [2.24, 2.45) is 0 Å². The number of carbonyl (C=O) groups is 1. The molecule has 2 aliphatic heterocycles. The number of carbonyl (C=O) groups excluding carboxylic acids is 1. The number of H-pyrrole nitrogens is 1. The molecule has 0 aliphatic carbocycles. The number of rotatable bonds is 3. The lowest BCUT2D eigenvalue weighted by molar-refractivity contribution is -0.915. The van der Waals surface area contributed by atoms with E-state index in [0.717, 1.165) is 32.0 Å². The van der Waals surface area contributed by atoms with Crippen molar-refractivity contribution < 1.29 is 19.4 Å². The first-order valence-electron chi connectivity index (χ1n) is 9.05. The molecule has 0 unspecified atom stereocenters. The molecular formula is C18H30N4O2+2. The molecule has 3 atom stereocenters. The number of ether oxygens (including phenoxy) is 1. The Morgan fingerprint density at radius 1 is 1.25 bits per heavy atom. The quantitative estimate of drug-likeness (QED) is 0.790. The van der Waals surface area contributed by atoms with E-state index in [-0.39, 0.29) is 24.2 Å². The molecule has 132 valence electrons. The maximum absolute atomic E-state index is 12.9. The number of morpholine rings is 1. The maximum Gasteiger partial charge on any atom is 0.280 e. The monoisotopic (exact) mass is 334 g/mol. The van der Waals surface area contributed by atoms with Crippen LogP contribution in [-0.4, -0.2) is 68.3 Å². The Morgan fingerprint density at radius 2 is 1.92 bits per heavy atom. The molecule has 6 nitrogen and oxygen atoms in total. The Morgan fingerprint density at radius 3 is 2.50 bits per heavy atom. The third kappa shape index (κ3) is 3.87. The Labute approximate surface area is 144 Å². The van der Waals surface area contributed by atoms with Gasteiger partial charge in [0.25, 0.3) is 11.7 Å². The van der Waals surface area contributed by atoms with Crippen molar-refractivity contribution in [2.45, 2.75) is 39.0 Å². The number of pyridine rings is 1. The van der Waals surface area contributed by atoms with Gasteiger partial charge in [0.1, 0.15) is 26.2 Å². The van der Waals surface area contributed by atoms with Gasteiger partial charge >= 0.3 is 0 Å². The van der Waals surface area contributed by atoms with Crippen LogP contribution in [0.5, 0.6) is 0 Å². The van der Waals surface area contributed by atoms with Crippen LogP contribution in [0.2, 0.25) is 0 Å². The SMILES string of the molecule is C[C@@H]1CN(C(=O)[C@@H](C)[NH+]2CCN(c3cccc[nH+]3)CC2)C[C@@H](C)O1. The summed E-state index contributed by atoms with van der Waals surface area (Å²) < 4.78 is 5.74. The second-order valence-electron chi connectivity index (χ2n) is 7.12. The number of nitrogens with zero attached hydrogens (tertiary/aromatic N) is 2. The summed E-state index contributed by atoms with van der Waals surface area (Å²) in [6.45, 7) is 11.5. The molecular weight excluding hydrogens is 304 g/mol. The molecule has 2 aliphatic rings. The van der Waals surface area contributed by atoms with Gasteiger partial charge in [-0.05, 0) is 26.8 Å². The number of aromatic amines is 1. The molecule has 1 amide bonds. The van der Waals surface area contributed by atoms with Crippen LogP contribution in [0.3, 0.4) is 0 Å². The molecule has 2 fully saturated rings. The Bertz CT molecular complexity index is 535. The minimum absolute atomic E-state index is 0.0180. The van der Waals surface area contributed by atoms with Gasteiger partial charge in [-0.2, -0.15) is 0 Å². The summed E-state index contributed by atoms with van der Waals surface area (Å²) in [5.41, 5.74) is 0. The summed E-state index contributed by atoms with van der Waals surface area (Å²) in [6.07, 6.45) is 2.22. The topological polar surface area (TPSA) is 51.4 Å². The first-order valence-corrected chi connectivity index (χ1v) is 9.05. The minimum atomic E-state index is 0.0180. The molecule has 0 bridgehead atoms. The third-order valence-corrected chi connectivity index (χ3v) is 5.15. The van der Waals surface area contributed by atoms with Crippen LogP contribution in [0.25, 0.3) is 0 Å². The van der Waals surface area contributed by atoms with Crippen molar-refractivity contribution in [3.8, 4) is 0 Å². The van der Waals surface area contributed by atoms with Crippen molar-refractivity contribution in [2.75, 3.05) is 44.2 Å². The Hall–Kier alpha value is -1.66. The average Bonchev–Trinajstić information content (AvgIpc) is 2.60. The molecule has 3 heterocycles.